The number of nitrogens with one attached hydrogen (secondary N) is 2. The standard InChI is InChI=1S/C17H27N3.2C2H6/c1-7-10-14(11-18-6)17-19-15(12(4)8-2)16(20-17)13(5)9-3;2*1-2/h8-9,14,18H,2,4,7,10-11H2,1,3,5-6H3,(H,19,20);2*1-2H3/b13-9+;;. The van der Waals surface area contributed by atoms with Crippen LogP contribution in [-0.2, 0) is 0 Å². The van der Waals surface area contributed by atoms with Crippen LogP contribution in [0.2, 0.25) is 0 Å². The Labute approximate surface area is 150 Å². The summed E-state index contributed by atoms with van der Waals surface area (Å²) < 4.78 is 0. The molecule has 0 spiro atoms. The van der Waals surface area contributed by atoms with Gasteiger partial charge in [-0.3, -0.25) is 0 Å². The van der Waals surface area contributed by atoms with Crippen LogP contribution in [0.25, 0.3) is 11.1 Å². The quantitative estimate of drug-likeness (QED) is 0.557. The Balaban J connectivity index is 0. The van der Waals surface area contributed by atoms with Crippen molar-refractivity contribution in [2.75, 3.05) is 13.6 Å². The summed E-state index contributed by atoms with van der Waals surface area (Å²) in [5.74, 6) is 1.44. The maximum atomic E-state index is 4.82. The van der Waals surface area contributed by atoms with Gasteiger partial charge >= 0.3 is 0 Å². The van der Waals surface area contributed by atoms with E-state index in [0.29, 0.717) is 5.92 Å². The number of likely N-dealkylation sites (N-methyl/N-ethyl adjacent to an activating group) is 1. The topological polar surface area (TPSA) is 40.7 Å². The van der Waals surface area contributed by atoms with Crippen molar-refractivity contribution in [1.29, 1.82) is 0 Å². The van der Waals surface area contributed by atoms with Crippen molar-refractivity contribution < 1.29 is 0 Å². The molecule has 1 aromatic heterocycles. The molecule has 1 heterocycles. The van der Waals surface area contributed by atoms with Gasteiger partial charge in [0.1, 0.15) is 5.82 Å². The summed E-state index contributed by atoms with van der Waals surface area (Å²) in [7, 11) is 1.98. The number of hydrogen-bond acceptors (Lipinski definition) is 2. The first-order valence-corrected chi connectivity index (χ1v) is 9.28. The molecule has 0 saturated carbocycles. The first kappa shape index (κ1) is 24.6. The van der Waals surface area contributed by atoms with Crippen molar-refractivity contribution in [1.82, 2.24) is 15.3 Å². The van der Waals surface area contributed by atoms with Crippen LogP contribution in [0.4, 0.5) is 0 Å². The lowest BCUT2D eigenvalue weighted by atomic mass is 10.0. The van der Waals surface area contributed by atoms with Crippen LogP contribution in [0.15, 0.2) is 25.3 Å². The number of aromatic amines is 1. The Bertz CT molecular complexity index is 470. The van der Waals surface area contributed by atoms with Crippen molar-refractivity contribution >= 4 is 11.1 Å². The number of aromatic nitrogens is 2. The number of imidazole rings is 1. The molecule has 0 aromatic carbocycles. The molecule has 3 heteroatoms. The summed E-state index contributed by atoms with van der Waals surface area (Å²) in [6.07, 6.45) is 6.11. The average Bonchev–Trinajstić information content (AvgIpc) is 3.08. The van der Waals surface area contributed by atoms with Gasteiger partial charge in [0.2, 0.25) is 0 Å². The highest BCUT2D eigenvalue weighted by atomic mass is 15.0. The van der Waals surface area contributed by atoms with Crippen LogP contribution in [0.5, 0.6) is 0 Å². The Morgan fingerprint density at radius 1 is 1.29 bits per heavy atom. The molecular weight excluding hydrogens is 294 g/mol. The molecule has 0 aliphatic carbocycles. The molecule has 2 N–H and O–H groups in total. The van der Waals surface area contributed by atoms with Crippen LogP contribution in [0.1, 0.15) is 84.4 Å². The predicted molar refractivity (Wildman–Crippen MR) is 111 cm³/mol. The molecule has 1 unspecified atom stereocenters. The van der Waals surface area contributed by atoms with E-state index in [4.69, 9.17) is 4.98 Å². The van der Waals surface area contributed by atoms with Gasteiger partial charge in [-0.2, -0.15) is 0 Å². The van der Waals surface area contributed by atoms with Crippen molar-refractivity contribution in [2.45, 2.75) is 67.2 Å². The van der Waals surface area contributed by atoms with E-state index in [1.807, 2.05) is 41.7 Å². The highest BCUT2D eigenvalue weighted by Crippen LogP contribution is 2.27. The summed E-state index contributed by atoms with van der Waals surface area (Å²) >= 11 is 0. The summed E-state index contributed by atoms with van der Waals surface area (Å²) in [5.41, 5.74) is 4.03. The maximum Gasteiger partial charge on any atom is 0.111 e. The van der Waals surface area contributed by atoms with Gasteiger partial charge in [0.25, 0.3) is 0 Å². The minimum absolute atomic E-state index is 0.403. The number of hydrogen-bond donors (Lipinski definition) is 2. The van der Waals surface area contributed by atoms with Crippen LogP contribution in [0.3, 0.4) is 0 Å². The maximum absolute atomic E-state index is 4.82. The van der Waals surface area contributed by atoms with Gasteiger partial charge in [-0.1, -0.05) is 66.3 Å². The van der Waals surface area contributed by atoms with Gasteiger partial charge in [0, 0.05) is 12.5 Å². The second kappa shape index (κ2) is 14.9. The molecule has 138 valence electrons. The van der Waals surface area contributed by atoms with Crippen molar-refractivity contribution in [3.8, 4) is 0 Å². The fourth-order valence-electron chi connectivity index (χ4n) is 2.27. The molecule has 3 nitrogen and oxygen atoms in total. The Hall–Kier alpha value is -1.61. The van der Waals surface area contributed by atoms with Crippen LogP contribution < -0.4 is 5.32 Å². The molecule has 0 saturated heterocycles. The van der Waals surface area contributed by atoms with E-state index in [2.05, 4.69) is 43.4 Å². The second-order valence-corrected chi connectivity index (χ2v) is 5.09. The molecular formula is C21H39N3. The fourth-order valence-corrected chi connectivity index (χ4v) is 2.27. The molecule has 0 bridgehead atoms. The molecule has 1 aromatic rings. The van der Waals surface area contributed by atoms with Gasteiger partial charge in [-0.25, -0.2) is 4.98 Å². The zero-order chi connectivity index (χ0) is 19.1. The summed E-state index contributed by atoms with van der Waals surface area (Å²) in [6.45, 7) is 23.1. The molecule has 0 amide bonds. The number of rotatable bonds is 8. The highest BCUT2D eigenvalue weighted by molar-refractivity contribution is 5.78. The highest BCUT2D eigenvalue weighted by Gasteiger charge is 2.18. The minimum Gasteiger partial charge on any atom is -0.341 e. The van der Waals surface area contributed by atoms with Crippen molar-refractivity contribution in [3.63, 3.8) is 0 Å². The molecule has 1 rings (SSSR count). The van der Waals surface area contributed by atoms with E-state index in [1.165, 1.54) is 0 Å². The molecule has 1 atom stereocenters. The molecule has 0 aliphatic rings. The van der Waals surface area contributed by atoms with Gasteiger partial charge in [-0.05, 0) is 38.5 Å². The van der Waals surface area contributed by atoms with Crippen molar-refractivity contribution in [2.24, 2.45) is 0 Å². The summed E-state index contributed by atoms with van der Waals surface area (Å²) in [5, 5.41) is 3.25. The molecule has 0 radical (unpaired) electrons. The number of H-pyrrole nitrogens is 1. The predicted octanol–water partition coefficient (Wildman–Crippen LogP) is 6.19. The number of nitrogens with zero attached hydrogens (tertiary/aromatic N) is 1. The van der Waals surface area contributed by atoms with Gasteiger partial charge in [0.15, 0.2) is 0 Å². The third-order valence-corrected chi connectivity index (χ3v) is 3.57. The Kier molecular flexibility index (Phi) is 15.3. The number of allylic oxidation sites excluding steroid dienone is 4. The third-order valence-electron chi connectivity index (χ3n) is 3.57. The zero-order valence-corrected chi connectivity index (χ0v) is 17.2. The van der Waals surface area contributed by atoms with Crippen LogP contribution >= 0.6 is 0 Å². The van der Waals surface area contributed by atoms with Gasteiger partial charge in [0.05, 0.1) is 11.4 Å². The van der Waals surface area contributed by atoms with Gasteiger partial charge in [-0.15, -0.1) is 0 Å². The van der Waals surface area contributed by atoms with E-state index in [0.717, 1.165) is 47.7 Å². The van der Waals surface area contributed by atoms with Crippen LogP contribution in [0, 0.1) is 0 Å². The SMILES string of the molecule is C=CC(=C)c1[nH]c(C(CCC)CNC)nc1/C(C)=C/C.CC.CC. The smallest absolute Gasteiger partial charge is 0.111 e. The Morgan fingerprint density at radius 2 is 1.88 bits per heavy atom. The molecule has 24 heavy (non-hydrogen) atoms. The van der Waals surface area contributed by atoms with E-state index >= 15 is 0 Å². The lowest BCUT2D eigenvalue weighted by Gasteiger charge is -2.12. The second-order valence-electron chi connectivity index (χ2n) is 5.09. The first-order chi connectivity index (χ1) is 11.6. The molecule has 0 aliphatic heterocycles. The minimum atomic E-state index is 0.403. The van der Waals surface area contributed by atoms with Crippen molar-refractivity contribution in [3.05, 3.63) is 42.5 Å². The first-order valence-electron chi connectivity index (χ1n) is 9.28. The van der Waals surface area contributed by atoms with E-state index < -0.39 is 0 Å². The third kappa shape index (κ3) is 7.31. The zero-order valence-electron chi connectivity index (χ0n) is 17.2. The largest absolute Gasteiger partial charge is 0.341 e. The van der Waals surface area contributed by atoms with E-state index in [9.17, 15) is 0 Å². The average molecular weight is 334 g/mol. The molecule has 0 fully saturated rings. The monoisotopic (exact) mass is 333 g/mol. The van der Waals surface area contributed by atoms with E-state index in [1.54, 1.807) is 6.08 Å². The van der Waals surface area contributed by atoms with Crippen LogP contribution in [-0.4, -0.2) is 23.6 Å². The Morgan fingerprint density at radius 3 is 2.29 bits per heavy atom. The summed E-state index contributed by atoms with van der Waals surface area (Å²) in [4.78, 5) is 8.27. The van der Waals surface area contributed by atoms with E-state index in [-0.39, 0.29) is 0 Å². The van der Waals surface area contributed by atoms with Gasteiger partial charge < -0.3 is 10.3 Å². The lowest BCUT2D eigenvalue weighted by Crippen LogP contribution is -2.18. The summed E-state index contributed by atoms with van der Waals surface area (Å²) in [6, 6.07) is 0. The fraction of sp³-hybridized carbons (Fsp3) is 0.571. The normalized spacial score (nSPS) is 11.6. The lowest BCUT2D eigenvalue weighted by molar-refractivity contribution is 0.553.